The Kier molecular flexibility index (Phi) is 9.98. The normalized spacial score (nSPS) is 24.3. The maximum Gasteiger partial charge on any atom is 0.222 e. The van der Waals surface area contributed by atoms with Gasteiger partial charge in [0, 0.05) is 38.3 Å². The molecule has 0 saturated carbocycles. The van der Waals surface area contributed by atoms with Crippen LogP contribution in [0.1, 0.15) is 57.8 Å². The zero-order valence-corrected chi connectivity index (χ0v) is 17.7. The molecule has 3 heterocycles. The fraction of sp³-hybridized carbons (Fsp3) is 0.789. The van der Waals surface area contributed by atoms with Gasteiger partial charge in [-0.05, 0) is 50.6 Å². The first-order chi connectivity index (χ1) is 11.7. The minimum Gasteiger partial charge on any atom is -0.341 e. The topological polar surface area (TPSA) is 50.2 Å². The highest BCUT2D eigenvalue weighted by Crippen LogP contribution is 2.27. The van der Waals surface area contributed by atoms with Crippen LogP contribution in [0.25, 0.3) is 0 Å². The number of nitrogens with zero attached hydrogens (tertiary/aromatic N) is 3. The van der Waals surface area contributed by atoms with Gasteiger partial charge in [-0.1, -0.05) is 13.8 Å². The van der Waals surface area contributed by atoms with Crippen molar-refractivity contribution in [2.24, 2.45) is 11.8 Å². The van der Waals surface area contributed by atoms with Crippen molar-refractivity contribution in [2.45, 2.75) is 58.4 Å². The molecule has 1 N–H and O–H groups in total. The van der Waals surface area contributed by atoms with Gasteiger partial charge in [-0.25, -0.2) is 4.98 Å². The van der Waals surface area contributed by atoms with Crippen molar-refractivity contribution in [3.8, 4) is 0 Å². The Balaban J connectivity index is 0.00000169. The molecule has 26 heavy (non-hydrogen) atoms. The van der Waals surface area contributed by atoms with Crippen LogP contribution in [-0.4, -0.2) is 46.5 Å². The van der Waals surface area contributed by atoms with Crippen LogP contribution in [0.3, 0.4) is 0 Å². The molecule has 7 heteroatoms. The summed E-state index contributed by atoms with van der Waals surface area (Å²) < 4.78 is 2.29. The molecule has 1 amide bonds. The van der Waals surface area contributed by atoms with E-state index in [1.807, 2.05) is 6.20 Å². The van der Waals surface area contributed by atoms with Gasteiger partial charge in [0.05, 0.1) is 6.04 Å². The van der Waals surface area contributed by atoms with Gasteiger partial charge in [0.25, 0.3) is 0 Å². The molecule has 2 aliphatic heterocycles. The summed E-state index contributed by atoms with van der Waals surface area (Å²) in [7, 11) is 0. The van der Waals surface area contributed by atoms with Crippen LogP contribution >= 0.6 is 24.8 Å². The summed E-state index contributed by atoms with van der Waals surface area (Å²) in [5.41, 5.74) is 0. The zero-order chi connectivity index (χ0) is 16.9. The number of rotatable bonds is 5. The predicted octanol–water partition coefficient (Wildman–Crippen LogP) is 3.48. The number of likely N-dealkylation sites (tertiary alicyclic amines) is 1. The zero-order valence-electron chi connectivity index (χ0n) is 16.0. The Morgan fingerprint density at radius 2 is 2.15 bits per heavy atom. The molecule has 0 bridgehead atoms. The molecule has 0 spiro atoms. The second-order valence-electron chi connectivity index (χ2n) is 7.53. The number of hydrogen-bond donors (Lipinski definition) is 1. The molecule has 3 rings (SSSR count). The van der Waals surface area contributed by atoms with E-state index < -0.39 is 0 Å². The Hall–Kier alpha value is -0.780. The van der Waals surface area contributed by atoms with Crippen LogP contribution in [0.5, 0.6) is 0 Å². The van der Waals surface area contributed by atoms with Crippen molar-refractivity contribution < 1.29 is 4.79 Å². The van der Waals surface area contributed by atoms with E-state index in [0.29, 0.717) is 30.2 Å². The molecule has 2 fully saturated rings. The largest absolute Gasteiger partial charge is 0.341 e. The number of piperidine rings is 2. The summed E-state index contributed by atoms with van der Waals surface area (Å²) >= 11 is 0. The maximum absolute atomic E-state index is 12.8. The van der Waals surface area contributed by atoms with Crippen LogP contribution in [0.15, 0.2) is 12.4 Å². The van der Waals surface area contributed by atoms with Crippen LogP contribution < -0.4 is 5.32 Å². The number of amides is 1. The molecule has 5 nitrogen and oxygen atoms in total. The fourth-order valence-electron chi connectivity index (χ4n) is 4.29. The lowest BCUT2D eigenvalue weighted by atomic mass is 9.85. The highest BCUT2D eigenvalue weighted by Gasteiger charge is 2.28. The minimum absolute atomic E-state index is 0. The Morgan fingerprint density at radius 3 is 2.85 bits per heavy atom. The van der Waals surface area contributed by atoms with E-state index in [4.69, 9.17) is 0 Å². The van der Waals surface area contributed by atoms with Crippen molar-refractivity contribution in [2.75, 3.05) is 26.2 Å². The SMILES string of the molecule is CCc1nccn1C1CCCN(C(=O)CC(C)C2CCCNC2)C1.Cl.Cl. The lowest BCUT2D eigenvalue weighted by Crippen LogP contribution is -2.42. The van der Waals surface area contributed by atoms with E-state index in [9.17, 15) is 4.79 Å². The number of aryl methyl sites for hydroxylation is 1. The number of aromatic nitrogens is 2. The smallest absolute Gasteiger partial charge is 0.222 e. The summed E-state index contributed by atoms with van der Waals surface area (Å²) in [6.07, 6.45) is 10.4. The second-order valence-corrected chi connectivity index (χ2v) is 7.53. The monoisotopic (exact) mass is 404 g/mol. The molecule has 150 valence electrons. The predicted molar refractivity (Wildman–Crippen MR) is 110 cm³/mol. The maximum atomic E-state index is 12.8. The van der Waals surface area contributed by atoms with E-state index in [1.165, 1.54) is 12.8 Å². The third kappa shape index (κ3) is 5.61. The number of halogens is 2. The lowest BCUT2D eigenvalue weighted by Gasteiger charge is -2.35. The van der Waals surface area contributed by atoms with Crippen molar-refractivity contribution >= 4 is 30.7 Å². The molecule has 3 atom stereocenters. The number of nitrogens with one attached hydrogen (secondary N) is 1. The van der Waals surface area contributed by atoms with Gasteiger partial charge in [-0.3, -0.25) is 4.79 Å². The standard InChI is InChI=1S/C19H32N4O.2ClH/c1-3-18-21-9-11-23(18)17-7-5-10-22(14-17)19(24)12-15(2)16-6-4-8-20-13-16;;/h9,11,15-17,20H,3-8,10,12-14H2,1-2H3;2*1H. The Bertz CT molecular complexity index is 545. The van der Waals surface area contributed by atoms with E-state index in [0.717, 1.165) is 51.3 Å². The first-order valence-electron chi connectivity index (χ1n) is 9.69. The first-order valence-corrected chi connectivity index (χ1v) is 9.69. The molecular formula is C19H34Cl2N4O. The number of hydrogen-bond acceptors (Lipinski definition) is 3. The Labute approximate surface area is 170 Å². The molecule has 2 saturated heterocycles. The fourth-order valence-corrected chi connectivity index (χ4v) is 4.29. The van der Waals surface area contributed by atoms with Gasteiger partial charge in [-0.2, -0.15) is 0 Å². The molecule has 0 radical (unpaired) electrons. The number of carbonyl (C=O) groups excluding carboxylic acids is 1. The summed E-state index contributed by atoms with van der Waals surface area (Å²) in [6, 6.07) is 0.395. The molecule has 1 aromatic heterocycles. The van der Waals surface area contributed by atoms with Crippen molar-refractivity contribution in [3.63, 3.8) is 0 Å². The van der Waals surface area contributed by atoms with E-state index in [2.05, 4.69) is 39.8 Å². The molecule has 1 aromatic rings. The van der Waals surface area contributed by atoms with Gasteiger partial charge in [0.1, 0.15) is 5.82 Å². The third-order valence-electron chi connectivity index (χ3n) is 5.84. The first kappa shape index (κ1) is 23.3. The van der Waals surface area contributed by atoms with Crippen molar-refractivity contribution in [1.82, 2.24) is 19.8 Å². The average molecular weight is 405 g/mol. The van der Waals surface area contributed by atoms with Gasteiger partial charge in [0.15, 0.2) is 0 Å². The summed E-state index contributed by atoms with van der Waals surface area (Å²) in [5, 5.41) is 3.47. The van der Waals surface area contributed by atoms with Gasteiger partial charge >= 0.3 is 0 Å². The molecule has 3 unspecified atom stereocenters. The highest BCUT2D eigenvalue weighted by molar-refractivity contribution is 5.85. The molecular weight excluding hydrogens is 371 g/mol. The molecule has 0 aliphatic carbocycles. The highest BCUT2D eigenvalue weighted by atomic mass is 35.5. The quantitative estimate of drug-likeness (QED) is 0.816. The van der Waals surface area contributed by atoms with E-state index in [1.54, 1.807) is 0 Å². The average Bonchev–Trinajstić information content (AvgIpc) is 3.11. The second kappa shape index (κ2) is 11.2. The van der Waals surface area contributed by atoms with Gasteiger partial charge in [-0.15, -0.1) is 24.8 Å². The summed E-state index contributed by atoms with van der Waals surface area (Å²) in [6.45, 7) is 8.37. The van der Waals surface area contributed by atoms with Crippen LogP contribution in [-0.2, 0) is 11.2 Å². The van der Waals surface area contributed by atoms with Crippen LogP contribution in [0, 0.1) is 11.8 Å². The summed E-state index contributed by atoms with van der Waals surface area (Å²) in [4.78, 5) is 19.3. The van der Waals surface area contributed by atoms with Gasteiger partial charge < -0.3 is 14.8 Å². The van der Waals surface area contributed by atoms with Gasteiger partial charge in [0.2, 0.25) is 5.91 Å². The third-order valence-corrected chi connectivity index (χ3v) is 5.84. The van der Waals surface area contributed by atoms with Crippen molar-refractivity contribution in [1.29, 1.82) is 0 Å². The lowest BCUT2D eigenvalue weighted by molar-refractivity contribution is -0.134. The van der Waals surface area contributed by atoms with Crippen LogP contribution in [0.2, 0.25) is 0 Å². The van der Waals surface area contributed by atoms with Crippen molar-refractivity contribution in [3.05, 3.63) is 18.2 Å². The minimum atomic E-state index is 0. The Morgan fingerprint density at radius 1 is 1.35 bits per heavy atom. The summed E-state index contributed by atoms with van der Waals surface area (Å²) in [5.74, 6) is 2.61. The van der Waals surface area contributed by atoms with E-state index >= 15 is 0 Å². The number of imidazole rings is 1. The van der Waals surface area contributed by atoms with E-state index in [-0.39, 0.29) is 24.8 Å². The molecule has 0 aromatic carbocycles. The molecule has 2 aliphatic rings. The van der Waals surface area contributed by atoms with Crippen LogP contribution in [0.4, 0.5) is 0 Å². The number of carbonyl (C=O) groups is 1.